The number of para-hydroxylation sites is 1. The molecule has 2 atom stereocenters. The van der Waals surface area contributed by atoms with Gasteiger partial charge in [0, 0.05) is 38.2 Å². The number of rotatable bonds is 4. The van der Waals surface area contributed by atoms with Gasteiger partial charge in [-0.3, -0.25) is 14.6 Å². The van der Waals surface area contributed by atoms with Crippen molar-refractivity contribution < 1.29 is 19.1 Å². The van der Waals surface area contributed by atoms with Crippen LogP contribution in [0.5, 0.6) is 5.75 Å². The number of nitrogens with zero attached hydrogens (tertiary/aromatic N) is 2. The van der Waals surface area contributed by atoms with E-state index in [9.17, 15) is 9.59 Å². The highest BCUT2D eigenvalue weighted by Gasteiger charge is 2.55. The van der Waals surface area contributed by atoms with E-state index in [0.717, 1.165) is 25.1 Å². The lowest BCUT2D eigenvalue weighted by molar-refractivity contribution is -0.134. The largest absolute Gasteiger partial charge is 0.493 e. The number of ether oxygens (including phenoxy) is 2. The number of fused-ring (bicyclic) bond motifs is 2. The third-order valence-corrected chi connectivity index (χ3v) is 6.33. The Balaban J connectivity index is 1.32. The van der Waals surface area contributed by atoms with Crippen LogP contribution in [0.1, 0.15) is 24.0 Å². The van der Waals surface area contributed by atoms with Crippen LogP contribution < -0.4 is 10.1 Å². The number of urea groups is 1. The molecule has 31 heavy (non-hydrogen) atoms. The Morgan fingerprint density at radius 1 is 1.03 bits per heavy atom. The van der Waals surface area contributed by atoms with Crippen LogP contribution in [-0.4, -0.2) is 60.7 Å². The fourth-order valence-corrected chi connectivity index (χ4v) is 4.81. The monoisotopic (exact) mass is 421 g/mol. The number of imide groups is 1. The van der Waals surface area contributed by atoms with E-state index in [-0.39, 0.29) is 24.6 Å². The van der Waals surface area contributed by atoms with Crippen molar-refractivity contribution >= 4 is 11.9 Å². The topological polar surface area (TPSA) is 71.1 Å². The summed E-state index contributed by atoms with van der Waals surface area (Å²) in [6.45, 7) is 3.71. The number of carbonyl (C=O) groups excluding carboxylic acids is 2. The Hall–Kier alpha value is -2.90. The van der Waals surface area contributed by atoms with Gasteiger partial charge in [-0.05, 0) is 18.1 Å². The van der Waals surface area contributed by atoms with E-state index >= 15 is 0 Å². The average molecular weight is 421 g/mol. The molecule has 0 bridgehead atoms. The molecular weight excluding hydrogens is 394 g/mol. The molecule has 5 rings (SSSR count). The molecule has 162 valence electrons. The molecule has 0 radical (unpaired) electrons. The summed E-state index contributed by atoms with van der Waals surface area (Å²) in [7, 11) is 0. The first-order valence-corrected chi connectivity index (χ1v) is 10.9. The second kappa shape index (κ2) is 8.32. The van der Waals surface area contributed by atoms with E-state index < -0.39 is 5.54 Å². The standard InChI is InChI=1S/C24H27N3O4/c28-22-24(11-14-31-21-10-5-4-9-20(21)24)25-23(29)27(22)17-19-16-26(12-6-13-30-19)15-18-7-2-1-3-8-18/h1-5,7-10,19H,6,11-17H2,(H,25,29). The zero-order valence-electron chi connectivity index (χ0n) is 17.5. The Morgan fingerprint density at radius 2 is 1.84 bits per heavy atom. The van der Waals surface area contributed by atoms with E-state index in [1.54, 1.807) is 0 Å². The molecule has 3 heterocycles. The molecule has 2 unspecified atom stereocenters. The van der Waals surface area contributed by atoms with Crippen LogP contribution in [-0.2, 0) is 21.6 Å². The van der Waals surface area contributed by atoms with E-state index in [2.05, 4.69) is 22.3 Å². The van der Waals surface area contributed by atoms with Crippen LogP contribution in [0.2, 0.25) is 0 Å². The minimum atomic E-state index is -1.04. The van der Waals surface area contributed by atoms with Gasteiger partial charge in [0.2, 0.25) is 0 Å². The summed E-state index contributed by atoms with van der Waals surface area (Å²) in [5.74, 6) is 0.444. The highest BCUT2D eigenvalue weighted by Crippen LogP contribution is 2.41. The summed E-state index contributed by atoms with van der Waals surface area (Å²) in [5, 5.41) is 2.97. The quantitative estimate of drug-likeness (QED) is 0.769. The van der Waals surface area contributed by atoms with E-state index in [0.29, 0.717) is 31.9 Å². The number of carbonyl (C=O) groups is 2. The van der Waals surface area contributed by atoms with Crippen LogP contribution in [0.25, 0.3) is 0 Å². The molecule has 7 nitrogen and oxygen atoms in total. The van der Waals surface area contributed by atoms with Crippen molar-refractivity contribution in [1.29, 1.82) is 0 Å². The molecule has 3 aliphatic heterocycles. The van der Waals surface area contributed by atoms with E-state index in [1.165, 1.54) is 10.5 Å². The molecule has 2 fully saturated rings. The van der Waals surface area contributed by atoms with Crippen molar-refractivity contribution in [1.82, 2.24) is 15.1 Å². The van der Waals surface area contributed by atoms with E-state index in [4.69, 9.17) is 9.47 Å². The first-order chi connectivity index (χ1) is 15.2. The summed E-state index contributed by atoms with van der Waals surface area (Å²) in [6.07, 6.45) is 1.14. The highest BCUT2D eigenvalue weighted by atomic mass is 16.5. The van der Waals surface area contributed by atoms with Crippen molar-refractivity contribution in [2.24, 2.45) is 0 Å². The van der Waals surface area contributed by atoms with Crippen LogP contribution >= 0.6 is 0 Å². The van der Waals surface area contributed by atoms with Gasteiger partial charge >= 0.3 is 6.03 Å². The SMILES string of the molecule is O=C1NC2(CCOc3ccccc32)C(=O)N1CC1CN(Cc2ccccc2)CCCO1. The van der Waals surface area contributed by atoms with Crippen LogP contribution in [0, 0.1) is 0 Å². The summed E-state index contributed by atoms with van der Waals surface area (Å²) in [4.78, 5) is 30.1. The molecule has 0 saturated carbocycles. The van der Waals surface area contributed by atoms with Crippen molar-refractivity contribution in [3.8, 4) is 5.75 Å². The third-order valence-electron chi connectivity index (χ3n) is 6.33. The van der Waals surface area contributed by atoms with E-state index in [1.807, 2.05) is 42.5 Å². The Morgan fingerprint density at radius 3 is 2.71 bits per heavy atom. The first-order valence-electron chi connectivity index (χ1n) is 10.9. The second-order valence-electron chi connectivity index (χ2n) is 8.41. The molecule has 2 aromatic carbocycles. The van der Waals surface area contributed by atoms with Crippen molar-refractivity contribution in [2.75, 3.05) is 32.8 Å². The van der Waals surface area contributed by atoms with Crippen LogP contribution in [0.3, 0.4) is 0 Å². The first kappa shape index (κ1) is 20.0. The summed E-state index contributed by atoms with van der Waals surface area (Å²) < 4.78 is 11.7. The van der Waals surface area contributed by atoms with Gasteiger partial charge in [0.15, 0.2) is 5.54 Å². The fourth-order valence-electron chi connectivity index (χ4n) is 4.81. The van der Waals surface area contributed by atoms with Gasteiger partial charge in [-0.25, -0.2) is 4.79 Å². The molecule has 1 N–H and O–H groups in total. The van der Waals surface area contributed by atoms with Gasteiger partial charge in [0.05, 0.1) is 19.3 Å². The third kappa shape index (κ3) is 3.79. The predicted octanol–water partition coefficient (Wildman–Crippen LogP) is 2.51. The van der Waals surface area contributed by atoms with Crippen molar-refractivity contribution in [2.45, 2.75) is 31.0 Å². The summed E-state index contributed by atoms with van der Waals surface area (Å²) in [5.41, 5.74) is 0.936. The maximum absolute atomic E-state index is 13.5. The maximum Gasteiger partial charge on any atom is 0.325 e. The summed E-state index contributed by atoms with van der Waals surface area (Å²) in [6, 6.07) is 17.4. The zero-order valence-corrected chi connectivity index (χ0v) is 17.5. The number of amides is 3. The molecule has 3 amide bonds. The Kier molecular flexibility index (Phi) is 5.38. The van der Waals surface area contributed by atoms with Gasteiger partial charge in [-0.15, -0.1) is 0 Å². The predicted molar refractivity (Wildman–Crippen MR) is 115 cm³/mol. The lowest BCUT2D eigenvalue weighted by Gasteiger charge is -2.33. The van der Waals surface area contributed by atoms with Gasteiger partial charge in [0.25, 0.3) is 5.91 Å². The smallest absolute Gasteiger partial charge is 0.325 e. The average Bonchev–Trinajstić information content (AvgIpc) is 2.93. The molecular formula is C24H27N3O4. The minimum absolute atomic E-state index is 0.212. The normalized spacial score (nSPS) is 26.3. The lowest BCUT2D eigenvalue weighted by Crippen LogP contribution is -2.48. The van der Waals surface area contributed by atoms with Crippen molar-refractivity contribution in [3.63, 3.8) is 0 Å². The Bertz CT molecular complexity index is 966. The second-order valence-corrected chi connectivity index (χ2v) is 8.41. The van der Waals surface area contributed by atoms with Crippen LogP contribution in [0.4, 0.5) is 4.79 Å². The molecule has 2 aromatic rings. The van der Waals surface area contributed by atoms with Gasteiger partial charge in [-0.1, -0.05) is 48.5 Å². The van der Waals surface area contributed by atoms with Crippen LogP contribution in [0.15, 0.2) is 54.6 Å². The molecule has 0 aliphatic carbocycles. The molecule has 0 aromatic heterocycles. The number of nitrogens with one attached hydrogen (secondary N) is 1. The number of benzene rings is 2. The molecule has 1 spiro atoms. The highest BCUT2D eigenvalue weighted by molar-refractivity contribution is 6.08. The Labute approximate surface area is 181 Å². The minimum Gasteiger partial charge on any atom is -0.493 e. The number of hydrogen-bond donors (Lipinski definition) is 1. The molecule has 2 saturated heterocycles. The molecule has 7 heteroatoms. The number of hydrogen-bond acceptors (Lipinski definition) is 5. The van der Waals surface area contributed by atoms with Gasteiger partial charge < -0.3 is 14.8 Å². The van der Waals surface area contributed by atoms with Crippen molar-refractivity contribution in [3.05, 3.63) is 65.7 Å². The lowest BCUT2D eigenvalue weighted by atomic mass is 9.84. The van der Waals surface area contributed by atoms with Gasteiger partial charge in [-0.2, -0.15) is 0 Å². The van der Waals surface area contributed by atoms with Gasteiger partial charge in [0.1, 0.15) is 5.75 Å². The molecule has 3 aliphatic rings. The fraction of sp³-hybridized carbons (Fsp3) is 0.417. The zero-order chi connectivity index (χ0) is 21.3. The maximum atomic E-state index is 13.5. The summed E-state index contributed by atoms with van der Waals surface area (Å²) >= 11 is 0.